The number of hydrogen-bond acceptors (Lipinski definition) is 5. The lowest BCUT2D eigenvalue weighted by Crippen LogP contribution is -2.09. The van der Waals surface area contributed by atoms with E-state index in [0.29, 0.717) is 26.1 Å². The van der Waals surface area contributed by atoms with Crippen molar-refractivity contribution in [1.29, 1.82) is 0 Å². The largest absolute Gasteiger partial charge is 0.508 e. The molecule has 0 atom stereocenters. The highest BCUT2D eigenvalue weighted by molar-refractivity contribution is 5.59. The molecule has 0 spiro atoms. The molecule has 0 amide bonds. The van der Waals surface area contributed by atoms with Crippen molar-refractivity contribution in [1.82, 2.24) is 0 Å². The van der Waals surface area contributed by atoms with Gasteiger partial charge in [-0.2, -0.15) is 0 Å². The van der Waals surface area contributed by atoms with Gasteiger partial charge < -0.3 is 9.47 Å². The molecule has 0 aliphatic carbocycles. The maximum absolute atomic E-state index is 10.8. The van der Waals surface area contributed by atoms with E-state index in [2.05, 4.69) is 4.89 Å². The molecule has 0 aromatic heterocycles. The minimum atomic E-state index is -0.622. The van der Waals surface area contributed by atoms with Gasteiger partial charge in [-0.05, 0) is 19.3 Å². The first-order valence-electron chi connectivity index (χ1n) is 4.87. The fraction of sp³-hybridized carbons (Fsp3) is 0.889. The number of ether oxygens (including phenoxy) is 2. The maximum Gasteiger partial charge on any atom is 0.508 e. The molecule has 14 heavy (non-hydrogen) atoms. The van der Waals surface area contributed by atoms with Crippen molar-refractivity contribution in [3.63, 3.8) is 0 Å². The molecule has 0 radical (unpaired) electrons. The van der Waals surface area contributed by atoms with Gasteiger partial charge in [0.2, 0.25) is 0 Å². The number of unbranched alkanes of at least 4 members (excludes halogenated alkanes) is 2. The Bertz CT molecular complexity index is 137. The predicted octanol–water partition coefficient (Wildman–Crippen LogP) is 2.21. The van der Waals surface area contributed by atoms with Crippen LogP contribution in [-0.2, 0) is 14.4 Å². The van der Waals surface area contributed by atoms with Crippen LogP contribution in [0.1, 0.15) is 32.6 Å². The van der Waals surface area contributed by atoms with Crippen molar-refractivity contribution in [3.05, 3.63) is 0 Å². The molecule has 0 aliphatic rings. The molecule has 0 aromatic rings. The van der Waals surface area contributed by atoms with Crippen molar-refractivity contribution < 1.29 is 24.4 Å². The average molecular weight is 206 g/mol. The van der Waals surface area contributed by atoms with Crippen LogP contribution in [0, 0.1) is 0 Å². The molecular weight excluding hydrogens is 188 g/mol. The van der Waals surface area contributed by atoms with Crippen LogP contribution in [0.5, 0.6) is 0 Å². The van der Waals surface area contributed by atoms with Gasteiger partial charge in [0.25, 0.3) is 0 Å². The Balaban J connectivity index is 3.10. The van der Waals surface area contributed by atoms with E-state index in [1.165, 1.54) is 0 Å². The van der Waals surface area contributed by atoms with Gasteiger partial charge in [-0.25, -0.2) is 9.68 Å². The monoisotopic (exact) mass is 206 g/mol. The molecule has 0 fully saturated rings. The molecule has 5 heteroatoms. The van der Waals surface area contributed by atoms with Gasteiger partial charge >= 0.3 is 6.16 Å². The molecule has 0 heterocycles. The summed E-state index contributed by atoms with van der Waals surface area (Å²) in [4.78, 5) is 14.7. The first-order valence-corrected chi connectivity index (χ1v) is 4.87. The summed E-state index contributed by atoms with van der Waals surface area (Å²) in [6.45, 7) is 2.99. The predicted molar refractivity (Wildman–Crippen MR) is 50.0 cm³/mol. The summed E-state index contributed by atoms with van der Waals surface area (Å²) in [6.07, 6.45) is 2.53. The van der Waals surface area contributed by atoms with E-state index in [0.717, 1.165) is 12.8 Å². The van der Waals surface area contributed by atoms with Crippen LogP contribution in [0.15, 0.2) is 0 Å². The van der Waals surface area contributed by atoms with E-state index >= 15 is 0 Å². The Morgan fingerprint density at radius 3 is 2.21 bits per heavy atom. The van der Waals surface area contributed by atoms with Crippen molar-refractivity contribution in [2.24, 2.45) is 0 Å². The summed E-state index contributed by atoms with van der Waals surface area (Å²) in [5.41, 5.74) is 0. The lowest BCUT2D eigenvalue weighted by Gasteiger charge is -2.04. The zero-order valence-corrected chi connectivity index (χ0v) is 8.53. The number of rotatable bonds is 8. The Morgan fingerprint density at radius 1 is 1.07 bits per heavy atom. The fourth-order valence-electron chi connectivity index (χ4n) is 0.766. The summed E-state index contributed by atoms with van der Waals surface area (Å²) in [6, 6.07) is 0. The SMILES string of the molecule is CCCCOC(=O)OCCCCOO. The van der Waals surface area contributed by atoms with E-state index in [-0.39, 0.29) is 6.61 Å². The van der Waals surface area contributed by atoms with Gasteiger partial charge in [0.1, 0.15) is 0 Å². The average Bonchev–Trinajstić information content (AvgIpc) is 2.18. The molecule has 0 saturated carbocycles. The van der Waals surface area contributed by atoms with E-state index in [9.17, 15) is 4.79 Å². The summed E-state index contributed by atoms with van der Waals surface area (Å²) in [7, 11) is 0. The van der Waals surface area contributed by atoms with Gasteiger partial charge in [0.15, 0.2) is 0 Å². The van der Waals surface area contributed by atoms with Crippen LogP contribution < -0.4 is 0 Å². The number of hydrogen-bond donors (Lipinski definition) is 1. The van der Waals surface area contributed by atoms with E-state index in [1.54, 1.807) is 0 Å². The fourth-order valence-corrected chi connectivity index (χ4v) is 0.766. The maximum atomic E-state index is 10.8. The van der Waals surface area contributed by atoms with E-state index < -0.39 is 6.16 Å². The highest BCUT2D eigenvalue weighted by Crippen LogP contribution is 1.94. The molecule has 0 aliphatic heterocycles. The van der Waals surface area contributed by atoms with Crippen LogP contribution in [0.4, 0.5) is 4.79 Å². The zero-order chi connectivity index (χ0) is 10.6. The van der Waals surface area contributed by atoms with Gasteiger partial charge in [0, 0.05) is 0 Å². The molecular formula is C9H18O5. The van der Waals surface area contributed by atoms with Crippen molar-refractivity contribution in [2.45, 2.75) is 32.6 Å². The van der Waals surface area contributed by atoms with Crippen LogP contribution in [0.25, 0.3) is 0 Å². The topological polar surface area (TPSA) is 65.0 Å². The zero-order valence-electron chi connectivity index (χ0n) is 8.53. The number of carbonyl (C=O) groups is 1. The Kier molecular flexibility index (Phi) is 9.68. The van der Waals surface area contributed by atoms with Gasteiger partial charge in [-0.15, -0.1) is 0 Å². The molecule has 0 aromatic carbocycles. The summed E-state index contributed by atoms with van der Waals surface area (Å²) in [5, 5.41) is 7.99. The first-order chi connectivity index (χ1) is 6.81. The lowest BCUT2D eigenvalue weighted by molar-refractivity contribution is -0.242. The highest BCUT2D eigenvalue weighted by atomic mass is 17.1. The Hall–Kier alpha value is -0.810. The molecule has 84 valence electrons. The third-order valence-corrected chi connectivity index (χ3v) is 1.57. The molecule has 0 saturated heterocycles. The van der Waals surface area contributed by atoms with Crippen LogP contribution in [0.3, 0.4) is 0 Å². The lowest BCUT2D eigenvalue weighted by atomic mass is 10.3. The molecule has 0 bridgehead atoms. The van der Waals surface area contributed by atoms with Crippen LogP contribution in [0.2, 0.25) is 0 Å². The summed E-state index contributed by atoms with van der Waals surface area (Å²) >= 11 is 0. The molecule has 1 N–H and O–H groups in total. The second-order valence-electron chi connectivity index (χ2n) is 2.84. The number of carbonyl (C=O) groups excluding carboxylic acids is 1. The molecule has 0 rings (SSSR count). The molecule has 5 nitrogen and oxygen atoms in total. The summed E-state index contributed by atoms with van der Waals surface area (Å²) < 4.78 is 9.48. The molecule has 0 unspecified atom stereocenters. The third-order valence-electron chi connectivity index (χ3n) is 1.57. The van der Waals surface area contributed by atoms with Gasteiger partial charge in [-0.1, -0.05) is 13.3 Å². The van der Waals surface area contributed by atoms with Crippen molar-refractivity contribution in [3.8, 4) is 0 Å². The highest BCUT2D eigenvalue weighted by Gasteiger charge is 2.01. The standard InChI is InChI=1S/C9H18O5/c1-2-3-6-12-9(10)13-7-4-5-8-14-11/h11H,2-8H2,1H3. The second-order valence-corrected chi connectivity index (χ2v) is 2.84. The van der Waals surface area contributed by atoms with Gasteiger partial charge in [-0.3, -0.25) is 5.26 Å². The van der Waals surface area contributed by atoms with Crippen LogP contribution >= 0.6 is 0 Å². The van der Waals surface area contributed by atoms with E-state index in [1.807, 2.05) is 6.92 Å². The van der Waals surface area contributed by atoms with Crippen LogP contribution in [-0.4, -0.2) is 31.2 Å². The second kappa shape index (κ2) is 10.3. The minimum Gasteiger partial charge on any atom is -0.434 e. The van der Waals surface area contributed by atoms with Crippen molar-refractivity contribution in [2.75, 3.05) is 19.8 Å². The Labute approximate surface area is 83.9 Å². The smallest absolute Gasteiger partial charge is 0.434 e. The third kappa shape index (κ3) is 9.28. The van der Waals surface area contributed by atoms with Gasteiger partial charge in [0.05, 0.1) is 19.8 Å². The Morgan fingerprint density at radius 2 is 1.64 bits per heavy atom. The normalized spacial score (nSPS) is 9.86. The minimum absolute atomic E-state index is 0.258. The van der Waals surface area contributed by atoms with Crippen molar-refractivity contribution >= 4 is 6.16 Å². The summed E-state index contributed by atoms with van der Waals surface area (Å²) in [5.74, 6) is 0. The van der Waals surface area contributed by atoms with E-state index in [4.69, 9.17) is 14.7 Å². The quantitative estimate of drug-likeness (QED) is 0.285. The first kappa shape index (κ1) is 13.2.